The zero-order valence-electron chi connectivity index (χ0n) is 21.8. The number of hydrogen-bond acceptors (Lipinski definition) is 2. The molecular weight excluding hydrogens is 488 g/mol. The number of rotatable bonds is 2. The molecule has 0 N–H and O–H groups in total. The molecule has 0 unspecified atom stereocenters. The van der Waals surface area contributed by atoms with Crippen LogP contribution in [0.4, 0.5) is 0 Å². The van der Waals surface area contributed by atoms with Crippen LogP contribution in [0.3, 0.4) is 0 Å². The number of para-hydroxylation sites is 2. The van der Waals surface area contributed by atoms with Gasteiger partial charge in [-0.1, -0.05) is 78.9 Å². The fraction of sp³-hybridized carbons (Fsp3) is 0.0556. The Morgan fingerprint density at radius 2 is 1.48 bits per heavy atom. The summed E-state index contributed by atoms with van der Waals surface area (Å²) in [6.45, 7) is 0. The third kappa shape index (κ3) is 2.96. The molecule has 0 saturated heterocycles. The van der Waals surface area contributed by atoms with E-state index in [1.165, 1.54) is 32.9 Å². The molecule has 0 radical (unpaired) electrons. The first-order valence-corrected chi connectivity index (χ1v) is 13.8. The number of benzene rings is 4. The zero-order chi connectivity index (χ0) is 26.2. The molecule has 1 aliphatic carbocycles. The molecule has 0 fully saturated rings. The van der Waals surface area contributed by atoms with Gasteiger partial charge in [0.1, 0.15) is 11.2 Å². The largest absolute Gasteiger partial charge is 0.309 e. The Morgan fingerprint density at radius 1 is 0.675 bits per heavy atom. The van der Waals surface area contributed by atoms with E-state index in [0.717, 1.165) is 57.4 Å². The second-order valence-electron chi connectivity index (χ2n) is 10.6. The maximum Gasteiger partial charge on any atom is 0.146 e. The van der Waals surface area contributed by atoms with Gasteiger partial charge >= 0.3 is 0 Å². The quantitative estimate of drug-likeness (QED) is 0.232. The highest BCUT2D eigenvalue weighted by molar-refractivity contribution is 6.11. The SMILES string of the molecule is C1=Cc2c(ncc3c2nc2c4ccccc4cc(-c4ccc5c(c4)c4ccccc4n5-c4ccccc4)n32)CC1. The third-order valence-electron chi connectivity index (χ3n) is 8.37. The van der Waals surface area contributed by atoms with Crippen LogP contribution in [0.2, 0.25) is 0 Å². The minimum absolute atomic E-state index is 0.964. The van der Waals surface area contributed by atoms with Crippen molar-refractivity contribution < 1.29 is 0 Å². The van der Waals surface area contributed by atoms with Gasteiger partial charge in [-0.15, -0.1) is 0 Å². The van der Waals surface area contributed by atoms with E-state index in [-0.39, 0.29) is 0 Å². The van der Waals surface area contributed by atoms with Crippen molar-refractivity contribution >= 4 is 55.3 Å². The molecule has 4 nitrogen and oxygen atoms in total. The fourth-order valence-corrected chi connectivity index (χ4v) is 6.55. The lowest BCUT2D eigenvalue weighted by molar-refractivity contribution is 0.932. The highest BCUT2D eigenvalue weighted by atomic mass is 15.0. The van der Waals surface area contributed by atoms with Gasteiger partial charge in [0.15, 0.2) is 0 Å². The summed E-state index contributed by atoms with van der Waals surface area (Å²) in [6.07, 6.45) is 8.45. The molecule has 8 aromatic rings. The lowest BCUT2D eigenvalue weighted by atomic mass is 10.0. The molecule has 9 rings (SSSR count). The molecular formula is C36H24N4. The minimum atomic E-state index is 0.964. The van der Waals surface area contributed by atoms with Crippen LogP contribution >= 0.6 is 0 Å². The molecule has 4 heteroatoms. The van der Waals surface area contributed by atoms with Crippen molar-refractivity contribution in [3.63, 3.8) is 0 Å². The number of nitrogens with zero attached hydrogens (tertiary/aromatic N) is 4. The second kappa shape index (κ2) is 8.14. The Bertz CT molecular complexity index is 2320. The number of imidazole rings is 1. The van der Waals surface area contributed by atoms with Gasteiger partial charge in [-0.05, 0) is 60.2 Å². The zero-order valence-corrected chi connectivity index (χ0v) is 21.8. The van der Waals surface area contributed by atoms with Gasteiger partial charge in [0.2, 0.25) is 0 Å². The number of fused-ring (bicyclic) bond motifs is 10. The van der Waals surface area contributed by atoms with Gasteiger partial charge in [0, 0.05) is 27.4 Å². The summed E-state index contributed by atoms with van der Waals surface area (Å²) in [5.41, 5.74) is 11.2. The topological polar surface area (TPSA) is 35.1 Å². The van der Waals surface area contributed by atoms with Crippen LogP contribution in [0.5, 0.6) is 0 Å². The molecule has 0 saturated carbocycles. The van der Waals surface area contributed by atoms with Gasteiger partial charge in [0.05, 0.1) is 34.1 Å². The fourth-order valence-electron chi connectivity index (χ4n) is 6.55. The Kier molecular flexibility index (Phi) is 4.41. The Morgan fingerprint density at radius 3 is 2.40 bits per heavy atom. The van der Waals surface area contributed by atoms with Crippen molar-refractivity contribution in [1.82, 2.24) is 18.9 Å². The van der Waals surface area contributed by atoms with Crippen LogP contribution in [0.15, 0.2) is 115 Å². The number of hydrogen-bond donors (Lipinski definition) is 0. The van der Waals surface area contributed by atoms with Gasteiger partial charge in [0.25, 0.3) is 0 Å². The highest BCUT2D eigenvalue weighted by Crippen LogP contribution is 2.38. The van der Waals surface area contributed by atoms with E-state index in [9.17, 15) is 0 Å². The lowest BCUT2D eigenvalue weighted by Crippen LogP contribution is -1.99. The molecule has 188 valence electrons. The first-order valence-electron chi connectivity index (χ1n) is 13.8. The van der Waals surface area contributed by atoms with Crippen molar-refractivity contribution in [2.75, 3.05) is 0 Å². The summed E-state index contributed by atoms with van der Waals surface area (Å²) >= 11 is 0. The van der Waals surface area contributed by atoms with E-state index in [4.69, 9.17) is 9.97 Å². The Labute approximate surface area is 230 Å². The lowest BCUT2D eigenvalue weighted by Gasteiger charge is -2.12. The molecule has 1 aliphatic rings. The third-order valence-corrected chi connectivity index (χ3v) is 8.37. The molecule has 4 aromatic carbocycles. The predicted octanol–water partition coefficient (Wildman–Crippen LogP) is 8.76. The maximum atomic E-state index is 5.27. The summed E-state index contributed by atoms with van der Waals surface area (Å²) in [5, 5.41) is 4.82. The summed E-state index contributed by atoms with van der Waals surface area (Å²) < 4.78 is 4.67. The van der Waals surface area contributed by atoms with E-state index >= 15 is 0 Å². The van der Waals surface area contributed by atoms with E-state index < -0.39 is 0 Å². The minimum Gasteiger partial charge on any atom is -0.309 e. The number of pyridine rings is 2. The average Bonchev–Trinajstić information content (AvgIpc) is 3.58. The molecule has 4 aromatic heterocycles. The summed E-state index contributed by atoms with van der Waals surface area (Å²) in [6, 6.07) is 37.0. The van der Waals surface area contributed by atoms with Crippen LogP contribution in [-0.4, -0.2) is 18.9 Å². The standard InChI is InChI=1S/C36H24N4/c1-2-11-25(12-3-1)39-31-17-9-7-14-27(31)29-20-24(18-19-32(29)39)33-21-23-10-4-5-13-26(23)36-38-35-28-15-6-8-16-30(28)37-22-34(35)40(33)36/h1-7,9-15,17-22H,8,16H2. The molecule has 40 heavy (non-hydrogen) atoms. The number of aromatic nitrogens is 4. The van der Waals surface area contributed by atoms with Gasteiger partial charge in [-0.3, -0.25) is 9.38 Å². The van der Waals surface area contributed by atoms with Crippen LogP contribution < -0.4 is 0 Å². The molecule has 0 amide bonds. The number of aryl methyl sites for hydroxylation is 1. The predicted molar refractivity (Wildman–Crippen MR) is 165 cm³/mol. The monoisotopic (exact) mass is 512 g/mol. The normalized spacial score (nSPS) is 13.2. The highest BCUT2D eigenvalue weighted by Gasteiger charge is 2.20. The summed E-state index contributed by atoms with van der Waals surface area (Å²) in [7, 11) is 0. The smallest absolute Gasteiger partial charge is 0.146 e. The van der Waals surface area contributed by atoms with E-state index in [1.54, 1.807) is 0 Å². The Hall–Kier alpha value is -5.22. The van der Waals surface area contributed by atoms with Crippen LogP contribution in [-0.2, 0) is 6.42 Å². The van der Waals surface area contributed by atoms with Crippen molar-refractivity contribution in [2.45, 2.75) is 12.8 Å². The van der Waals surface area contributed by atoms with Crippen molar-refractivity contribution in [2.24, 2.45) is 0 Å². The van der Waals surface area contributed by atoms with Gasteiger partial charge in [-0.25, -0.2) is 4.98 Å². The maximum absolute atomic E-state index is 5.27. The van der Waals surface area contributed by atoms with Crippen LogP contribution in [0.25, 0.3) is 72.3 Å². The van der Waals surface area contributed by atoms with E-state index in [0.29, 0.717) is 0 Å². The molecule has 0 spiro atoms. The van der Waals surface area contributed by atoms with Crippen molar-refractivity contribution in [1.29, 1.82) is 0 Å². The molecule has 0 bridgehead atoms. The summed E-state index contributed by atoms with van der Waals surface area (Å²) in [5.74, 6) is 0. The van der Waals surface area contributed by atoms with Crippen molar-refractivity contribution in [3.05, 3.63) is 127 Å². The van der Waals surface area contributed by atoms with Crippen LogP contribution in [0.1, 0.15) is 17.7 Å². The van der Waals surface area contributed by atoms with Crippen molar-refractivity contribution in [3.8, 4) is 16.9 Å². The number of allylic oxidation sites excluding steroid dienone is 1. The average molecular weight is 513 g/mol. The first-order chi connectivity index (χ1) is 19.8. The first kappa shape index (κ1) is 21.7. The molecule has 0 atom stereocenters. The van der Waals surface area contributed by atoms with E-state index in [1.807, 2.05) is 6.20 Å². The second-order valence-corrected chi connectivity index (χ2v) is 10.6. The van der Waals surface area contributed by atoms with E-state index in [2.05, 4.69) is 124 Å². The van der Waals surface area contributed by atoms with Gasteiger partial charge in [-0.2, -0.15) is 0 Å². The Balaban J connectivity index is 1.39. The van der Waals surface area contributed by atoms with Crippen LogP contribution in [0, 0.1) is 0 Å². The molecule has 0 aliphatic heterocycles. The van der Waals surface area contributed by atoms with Gasteiger partial charge < -0.3 is 4.57 Å². The summed E-state index contributed by atoms with van der Waals surface area (Å²) in [4.78, 5) is 10.2. The molecule has 4 heterocycles.